The number of nitrogens with zero attached hydrogens (tertiary/aromatic N) is 1. The number of benzene rings is 1. The predicted octanol–water partition coefficient (Wildman–Crippen LogP) is 0.751. The first-order chi connectivity index (χ1) is 12.1. The highest BCUT2D eigenvalue weighted by atomic mass is 32.2. The molecule has 1 aliphatic rings. The number of carbonyl (C=O) groups excluding carboxylic acids is 2. The molecule has 0 saturated carbocycles. The predicted molar refractivity (Wildman–Crippen MR) is 94.0 cm³/mol. The van der Waals surface area contributed by atoms with E-state index < -0.39 is 24.5 Å². The van der Waals surface area contributed by atoms with Gasteiger partial charge in [-0.15, -0.1) is 0 Å². The van der Waals surface area contributed by atoms with Crippen molar-refractivity contribution in [3.05, 3.63) is 30.0 Å². The molecule has 0 aliphatic carbocycles. The largest absolute Gasteiger partial charge is 0.493 e. The Bertz CT molecular complexity index is 832. The van der Waals surface area contributed by atoms with E-state index in [0.717, 1.165) is 5.75 Å². The molecule has 0 fully saturated rings. The van der Waals surface area contributed by atoms with Crippen LogP contribution in [0.2, 0.25) is 0 Å². The molecular weight excluding hydrogens is 346 g/mol. The molecule has 1 aromatic heterocycles. The van der Waals surface area contributed by atoms with Crippen LogP contribution >= 0.6 is 11.8 Å². The average Bonchev–Trinajstić information content (AvgIpc) is 3.28. The van der Waals surface area contributed by atoms with Gasteiger partial charge in [-0.1, -0.05) is 23.9 Å². The summed E-state index contributed by atoms with van der Waals surface area (Å²) in [5, 5.41) is 15.6. The monoisotopic (exact) mass is 363 g/mol. The van der Waals surface area contributed by atoms with E-state index in [1.807, 2.05) is 0 Å². The second-order valence-corrected chi connectivity index (χ2v) is 6.31. The number of carbonyl (C=O) groups is 2. The maximum absolute atomic E-state index is 12.4. The summed E-state index contributed by atoms with van der Waals surface area (Å²) in [6.07, 6.45) is 0. The van der Waals surface area contributed by atoms with Crippen LogP contribution in [0.5, 0.6) is 5.75 Å². The molecule has 0 unspecified atom stereocenters. The van der Waals surface area contributed by atoms with Crippen LogP contribution in [-0.2, 0) is 4.79 Å². The van der Waals surface area contributed by atoms with E-state index in [1.165, 1.54) is 18.9 Å². The third-order valence-electron chi connectivity index (χ3n) is 3.57. The highest BCUT2D eigenvalue weighted by molar-refractivity contribution is 8.14. The normalized spacial score (nSPS) is 14.9. The Balaban J connectivity index is 1.72. The van der Waals surface area contributed by atoms with Crippen molar-refractivity contribution in [2.75, 3.05) is 26.0 Å². The van der Waals surface area contributed by atoms with Crippen LogP contribution in [0.25, 0.3) is 11.0 Å². The molecule has 1 aliphatic heterocycles. The summed E-state index contributed by atoms with van der Waals surface area (Å²) in [6.45, 7) is 0.0936. The third kappa shape index (κ3) is 3.77. The summed E-state index contributed by atoms with van der Waals surface area (Å²) in [7, 11) is 1.51. The fraction of sp³-hybridized carbons (Fsp3) is 0.312. The molecule has 25 heavy (non-hydrogen) atoms. The van der Waals surface area contributed by atoms with Crippen LogP contribution in [0, 0.1) is 0 Å². The molecule has 2 amide bonds. The minimum Gasteiger partial charge on any atom is -0.493 e. The minimum absolute atomic E-state index is 0.0262. The molecule has 0 saturated heterocycles. The van der Waals surface area contributed by atoms with Gasteiger partial charge in [-0.25, -0.2) is 0 Å². The van der Waals surface area contributed by atoms with Crippen molar-refractivity contribution in [2.24, 2.45) is 4.99 Å². The molecule has 8 nitrogen and oxygen atoms in total. The molecule has 3 rings (SSSR count). The van der Waals surface area contributed by atoms with Crippen molar-refractivity contribution in [3.8, 4) is 5.75 Å². The molecule has 1 atom stereocenters. The summed E-state index contributed by atoms with van der Waals surface area (Å²) in [6, 6.07) is 5.73. The number of methoxy groups -OCH3 is 1. The molecular formula is C16H17N3O5S. The van der Waals surface area contributed by atoms with Gasteiger partial charge in [0.2, 0.25) is 0 Å². The van der Waals surface area contributed by atoms with E-state index in [1.54, 1.807) is 24.3 Å². The number of hydrogen-bond donors (Lipinski definition) is 3. The quantitative estimate of drug-likeness (QED) is 0.723. The van der Waals surface area contributed by atoms with Gasteiger partial charge in [0.25, 0.3) is 11.8 Å². The molecule has 0 bridgehead atoms. The van der Waals surface area contributed by atoms with Gasteiger partial charge in [0.1, 0.15) is 6.04 Å². The second-order valence-electron chi connectivity index (χ2n) is 5.22. The number of furan rings is 1. The van der Waals surface area contributed by atoms with Crippen LogP contribution in [-0.4, -0.2) is 54.1 Å². The first-order valence-corrected chi connectivity index (χ1v) is 8.57. The molecule has 2 heterocycles. The molecule has 132 valence electrons. The Labute approximate surface area is 147 Å². The van der Waals surface area contributed by atoms with Crippen LogP contribution in [0.3, 0.4) is 0 Å². The molecule has 0 radical (unpaired) electrons. The Morgan fingerprint density at radius 3 is 3.00 bits per heavy atom. The lowest BCUT2D eigenvalue weighted by molar-refractivity contribution is -0.122. The molecule has 0 spiro atoms. The van der Waals surface area contributed by atoms with Gasteiger partial charge >= 0.3 is 0 Å². The first kappa shape index (κ1) is 17.3. The van der Waals surface area contributed by atoms with E-state index >= 15 is 0 Å². The van der Waals surface area contributed by atoms with Gasteiger partial charge in [-0.2, -0.15) is 0 Å². The van der Waals surface area contributed by atoms with Gasteiger partial charge in [0.05, 0.1) is 20.3 Å². The number of aliphatic hydroxyl groups excluding tert-OH is 1. The lowest BCUT2D eigenvalue weighted by atomic mass is 10.2. The van der Waals surface area contributed by atoms with E-state index in [-0.39, 0.29) is 5.76 Å². The van der Waals surface area contributed by atoms with E-state index in [2.05, 4.69) is 15.6 Å². The van der Waals surface area contributed by atoms with E-state index in [4.69, 9.17) is 9.15 Å². The SMILES string of the molecule is COc1cccc2cc(C(=O)N[C@@H](CO)C(=O)NC3=NCCS3)oc12. The number of thioether (sulfide) groups is 1. The fourth-order valence-corrected chi connectivity index (χ4v) is 3.07. The van der Waals surface area contributed by atoms with Crippen molar-refractivity contribution in [1.82, 2.24) is 10.6 Å². The number of aliphatic imine (C=N–C) groups is 1. The number of hydrogen-bond acceptors (Lipinski definition) is 7. The van der Waals surface area contributed by atoms with Crippen molar-refractivity contribution >= 4 is 39.7 Å². The van der Waals surface area contributed by atoms with Gasteiger partial charge in [0.15, 0.2) is 22.3 Å². The number of nitrogens with one attached hydrogen (secondary N) is 2. The van der Waals surface area contributed by atoms with Crippen molar-refractivity contribution in [1.29, 1.82) is 0 Å². The minimum atomic E-state index is -1.11. The maximum atomic E-state index is 12.4. The number of amides is 2. The average molecular weight is 363 g/mol. The zero-order valence-electron chi connectivity index (χ0n) is 13.4. The van der Waals surface area contributed by atoms with Gasteiger partial charge in [-0.05, 0) is 12.1 Å². The number of amidine groups is 1. The van der Waals surface area contributed by atoms with Crippen molar-refractivity contribution < 1.29 is 23.8 Å². The van der Waals surface area contributed by atoms with Crippen LogP contribution in [0.15, 0.2) is 33.7 Å². The van der Waals surface area contributed by atoms with E-state index in [0.29, 0.717) is 28.4 Å². The lowest BCUT2D eigenvalue weighted by Gasteiger charge is -2.15. The summed E-state index contributed by atoms with van der Waals surface area (Å²) in [4.78, 5) is 28.6. The zero-order valence-corrected chi connectivity index (χ0v) is 14.3. The van der Waals surface area contributed by atoms with E-state index in [9.17, 15) is 14.7 Å². The van der Waals surface area contributed by atoms with Crippen LogP contribution in [0.1, 0.15) is 10.6 Å². The number of ether oxygens (including phenoxy) is 1. The lowest BCUT2D eigenvalue weighted by Crippen LogP contribution is -2.49. The number of fused-ring (bicyclic) bond motifs is 1. The highest BCUT2D eigenvalue weighted by Crippen LogP contribution is 2.28. The zero-order chi connectivity index (χ0) is 17.8. The molecule has 3 N–H and O–H groups in total. The van der Waals surface area contributed by atoms with Crippen LogP contribution in [0.4, 0.5) is 0 Å². The molecule has 9 heteroatoms. The fourth-order valence-electron chi connectivity index (χ4n) is 2.34. The smallest absolute Gasteiger partial charge is 0.287 e. The summed E-state index contributed by atoms with van der Waals surface area (Å²) in [5.74, 6) is 0.195. The molecule has 1 aromatic carbocycles. The summed E-state index contributed by atoms with van der Waals surface area (Å²) < 4.78 is 10.7. The standard InChI is InChI=1S/C16H17N3O5S/c1-23-11-4-2-3-9-7-12(24-13(9)11)15(22)18-10(8-20)14(21)19-16-17-5-6-25-16/h2-4,7,10,20H,5-6,8H2,1H3,(H,18,22)(H,17,19,21)/t10-/m0/s1. The van der Waals surface area contributed by atoms with Gasteiger partial charge in [0, 0.05) is 11.1 Å². The Morgan fingerprint density at radius 1 is 1.48 bits per heavy atom. The topological polar surface area (TPSA) is 113 Å². The number of rotatable bonds is 5. The molecule has 2 aromatic rings. The number of para-hydroxylation sites is 1. The van der Waals surface area contributed by atoms with Crippen molar-refractivity contribution in [3.63, 3.8) is 0 Å². The summed E-state index contributed by atoms with van der Waals surface area (Å²) in [5.41, 5.74) is 0.442. The number of aliphatic hydroxyl groups is 1. The van der Waals surface area contributed by atoms with Gasteiger partial charge in [-0.3, -0.25) is 14.6 Å². The second kappa shape index (κ2) is 7.58. The maximum Gasteiger partial charge on any atom is 0.287 e. The Kier molecular flexibility index (Phi) is 5.25. The Morgan fingerprint density at radius 2 is 2.32 bits per heavy atom. The van der Waals surface area contributed by atoms with Gasteiger partial charge < -0.3 is 24.9 Å². The van der Waals surface area contributed by atoms with Crippen molar-refractivity contribution in [2.45, 2.75) is 6.04 Å². The van der Waals surface area contributed by atoms with Crippen LogP contribution < -0.4 is 15.4 Å². The first-order valence-electron chi connectivity index (χ1n) is 7.58. The third-order valence-corrected chi connectivity index (χ3v) is 4.46. The highest BCUT2D eigenvalue weighted by Gasteiger charge is 2.24. The Hall–Kier alpha value is -2.52. The summed E-state index contributed by atoms with van der Waals surface area (Å²) >= 11 is 1.41.